The van der Waals surface area contributed by atoms with Gasteiger partial charge >= 0.3 is 0 Å². The van der Waals surface area contributed by atoms with Crippen molar-refractivity contribution in [2.45, 2.75) is 70.8 Å². The molecule has 108 valence electrons. The first-order valence-corrected chi connectivity index (χ1v) is 7.99. The van der Waals surface area contributed by atoms with E-state index in [-0.39, 0.29) is 6.04 Å². The van der Waals surface area contributed by atoms with Gasteiger partial charge in [-0.05, 0) is 18.6 Å². The number of rotatable bonds is 10. The van der Waals surface area contributed by atoms with Crippen LogP contribution in [0.3, 0.4) is 0 Å². The van der Waals surface area contributed by atoms with Crippen LogP contribution in [-0.2, 0) is 0 Å². The van der Waals surface area contributed by atoms with Gasteiger partial charge in [0, 0.05) is 12.2 Å². The molecule has 0 spiro atoms. The van der Waals surface area contributed by atoms with Gasteiger partial charge in [-0.1, -0.05) is 69.9 Å². The van der Waals surface area contributed by atoms with Crippen LogP contribution in [0, 0.1) is 0 Å². The van der Waals surface area contributed by atoms with Crippen LogP contribution in [-0.4, -0.2) is 4.98 Å². The van der Waals surface area contributed by atoms with Gasteiger partial charge < -0.3 is 5.73 Å². The van der Waals surface area contributed by atoms with Crippen LogP contribution in [0.1, 0.15) is 76.4 Å². The van der Waals surface area contributed by atoms with E-state index in [1.165, 1.54) is 51.4 Å². The number of pyridine rings is 1. The molecule has 0 bridgehead atoms. The number of hydrogen-bond acceptors (Lipinski definition) is 2. The Morgan fingerprint density at radius 3 is 2.26 bits per heavy atom. The SMILES string of the molecule is CCCCCCCCCCC(N)c1ccc(Cl)cn1. The highest BCUT2D eigenvalue weighted by molar-refractivity contribution is 6.30. The number of nitrogens with zero attached hydrogens (tertiary/aromatic N) is 1. The van der Waals surface area contributed by atoms with Crippen molar-refractivity contribution in [3.8, 4) is 0 Å². The van der Waals surface area contributed by atoms with Crippen molar-refractivity contribution in [2.24, 2.45) is 5.73 Å². The third-order valence-corrected chi connectivity index (χ3v) is 3.72. The van der Waals surface area contributed by atoms with E-state index in [0.717, 1.165) is 12.1 Å². The molecular formula is C16H27ClN2. The average Bonchev–Trinajstić information content (AvgIpc) is 2.42. The quantitative estimate of drug-likeness (QED) is 0.594. The molecule has 3 heteroatoms. The minimum atomic E-state index is 0.0531. The smallest absolute Gasteiger partial charge is 0.0589 e. The topological polar surface area (TPSA) is 38.9 Å². The minimum Gasteiger partial charge on any atom is -0.323 e. The summed E-state index contributed by atoms with van der Waals surface area (Å²) in [5.41, 5.74) is 7.07. The molecule has 1 heterocycles. The zero-order chi connectivity index (χ0) is 13.9. The predicted molar refractivity (Wildman–Crippen MR) is 83.4 cm³/mol. The van der Waals surface area contributed by atoms with E-state index < -0.39 is 0 Å². The first-order chi connectivity index (χ1) is 9.24. The van der Waals surface area contributed by atoms with E-state index in [2.05, 4.69) is 11.9 Å². The van der Waals surface area contributed by atoms with E-state index in [1.54, 1.807) is 6.20 Å². The van der Waals surface area contributed by atoms with Gasteiger partial charge in [-0.15, -0.1) is 0 Å². The van der Waals surface area contributed by atoms with Gasteiger partial charge in [0.15, 0.2) is 0 Å². The maximum Gasteiger partial charge on any atom is 0.0589 e. The van der Waals surface area contributed by atoms with Crippen molar-refractivity contribution in [3.05, 3.63) is 29.0 Å². The van der Waals surface area contributed by atoms with E-state index in [1.807, 2.05) is 12.1 Å². The van der Waals surface area contributed by atoms with Crippen LogP contribution in [0.25, 0.3) is 0 Å². The molecule has 1 aromatic rings. The zero-order valence-electron chi connectivity index (χ0n) is 12.1. The standard InChI is InChI=1S/C16H27ClN2/c1-2-3-4-5-6-7-8-9-10-15(18)16-12-11-14(17)13-19-16/h11-13,15H,2-10,18H2,1H3. The summed E-state index contributed by atoms with van der Waals surface area (Å²) < 4.78 is 0. The molecule has 0 fully saturated rings. The molecule has 0 aliphatic rings. The summed E-state index contributed by atoms with van der Waals surface area (Å²) in [5.74, 6) is 0. The molecule has 1 rings (SSSR count). The second kappa shape index (κ2) is 10.2. The highest BCUT2D eigenvalue weighted by Crippen LogP contribution is 2.18. The van der Waals surface area contributed by atoms with Gasteiger partial charge in [0.25, 0.3) is 0 Å². The lowest BCUT2D eigenvalue weighted by molar-refractivity contribution is 0.531. The molecule has 0 saturated carbocycles. The summed E-state index contributed by atoms with van der Waals surface area (Å²) in [5, 5.41) is 0.669. The molecule has 2 nitrogen and oxygen atoms in total. The largest absolute Gasteiger partial charge is 0.323 e. The fourth-order valence-electron chi connectivity index (χ4n) is 2.25. The third-order valence-electron chi connectivity index (χ3n) is 3.50. The Morgan fingerprint density at radius 1 is 1.05 bits per heavy atom. The second-order valence-electron chi connectivity index (χ2n) is 5.27. The Kier molecular flexibility index (Phi) is 8.85. The fourth-order valence-corrected chi connectivity index (χ4v) is 2.36. The van der Waals surface area contributed by atoms with Crippen molar-refractivity contribution in [3.63, 3.8) is 0 Å². The van der Waals surface area contributed by atoms with Crippen LogP contribution in [0.15, 0.2) is 18.3 Å². The number of nitrogens with two attached hydrogens (primary N) is 1. The zero-order valence-corrected chi connectivity index (χ0v) is 12.8. The Labute approximate surface area is 122 Å². The van der Waals surface area contributed by atoms with Crippen molar-refractivity contribution in [2.75, 3.05) is 0 Å². The van der Waals surface area contributed by atoms with Crippen LogP contribution in [0.5, 0.6) is 0 Å². The summed E-state index contributed by atoms with van der Waals surface area (Å²) in [6, 6.07) is 3.84. The van der Waals surface area contributed by atoms with Gasteiger partial charge in [-0.25, -0.2) is 0 Å². The Bertz CT molecular complexity index is 324. The Morgan fingerprint density at radius 2 is 1.68 bits per heavy atom. The lowest BCUT2D eigenvalue weighted by atomic mass is 10.0. The first-order valence-electron chi connectivity index (χ1n) is 7.61. The Balaban J connectivity index is 2.04. The third kappa shape index (κ3) is 7.54. The van der Waals surface area contributed by atoms with Gasteiger partial charge in [0.1, 0.15) is 0 Å². The summed E-state index contributed by atoms with van der Waals surface area (Å²) >= 11 is 5.81. The van der Waals surface area contributed by atoms with Gasteiger partial charge in [0.2, 0.25) is 0 Å². The number of unbranched alkanes of at least 4 members (excludes halogenated alkanes) is 7. The van der Waals surface area contributed by atoms with E-state index >= 15 is 0 Å². The maximum absolute atomic E-state index is 6.12. The molecule has 0 amide bonds. The van der Waals surface area contributed by atoms with E-state index in [4.69, 9.17) is 17.3 Å². The summed E-state index contributed by atoms with van der Waals surface area (Å²) in [4.78, 5) is 4.27. The number of halogens is 1. The molecule has 1 aromatic heterocycles. The highest BCUT2D eigenvalue weighted by Gasteiger charge is 2.06. The lowest BCUT2D eigenvalue weighted by Gasteiger charge is -2.10. The van der Waals surface area contributed by atoms with Gasteiger partial charge in [-0.2, -0.15) is 0 Å². The summed E-state index contributed by atoms with van der Waals surface area (Å²) in [6.07, 6.45) is 13.4. The summed E-state index contributed by atoms with van der Waals surface area (Å²) in [7, 11) is 0. The molecule has 0 aliphatic heterocycles. The van der Waals surface area contributed by atoms with Crippen molar-refractivity contribution in [1.29, 1.82) is 0 Å². The lowest BCUT2D eigenvalue weighted by Crippen LogP contribution is -2.11. The monoisotopic (exact) mass is 282 g/mol. The summed E-state index contributed by atoms with van der Waals surface area (Å²) in [6.45, 7) is 2.26. The number of hydrogen-bond donors (Lipinski definition) is 1. The fraction of sp³-hybridized carbons (Fsp3) is 0.688. The molecule has 0 radical (unpaired) electrons. The highest BCUT2D eigenvalue weighted by atomic mass is 35.5. The molecular weight excluding hydrogens is 256 g/mol. The predicted octanol–water partition coefficient (Wildman–Crippen LogP) is 5.27. The van der Waals surface area contributed by atoms with Crippen LogP contribution in [0.4, 0.5) is 0 Å². The van der Waals surface area contributed by atoms with Crippen molar-refractivity contribution in [1.82, 2.24) is 4.98 Å². The van der Waals surface area contributed by atoms with Crippen molar-refractivity contribution >= 4 is 11.6 Å². The van der Waals surface area contributed by atoms with Crippen LogP contribution >= 0.6 is 11.6 Å². The number of aromatic nitrogens is 1. The molecule has 1 atom stereocenters. The maximum atomic E-state index is 6.12. The molecule has 1 unspecified atom stereocenters. The minimum absolute atomic E-state index is 0.0531. The van der Waals surface area contributed by atoms with Gasteiger partial charge in [0.05, 0.1) is 10.7 Å². The molecule has 2 N–H and O–H groups in total. The van der Waals surface area contributed by atoms with Crippen LogP contribution in [0.2, 0.25) is 5.02 Å². The van der Waals surface area contributed by atoms with E-state index in [9.17, 15) is 0 Å². The molecule has 0 saturated heterocycles. The molecule has 0 aliphatic carbocycles. The van der Waals surface area contributed by atoms with Gasteiger partial charge in [-0.3, -0.25) is 4.98 Å². The van der Waals surface area contributed by atoms with Crippen molar-refractivity contribution < 1.29 is 0 Å². The second-order valence-corrected chi connectivity index (χ2v) is 5.71. The molecule has 0 aromatic carbocycles. The average molecular weight is 283 g/mol. The first kappa shape index (κ1) is 16.5. The Hall–Kier alpha value is -0.600. The van der Waals surface area contributed by atoms with E-state index in [0.29, 0.717) is 5.02 Å². The molecule has 19 heavy (non-hydrogen) atoms. The van der Waals surface area contributed by atoms with Crippen LogP contribution < -0.4 is 5.73 Å². The normalized spacial score (nSPS) is 12.6.